The van der Waals surface area contributed by atoms with Crippen LogP contribution in [0, 0.1) is 0 Å². The third-order valence-corrected chi connectivity index (χ3v) is 3.85. The van der Waals surface area contributed by atoms with Gasteiger partial charge in [-0.05, 0) is 30.4 Å². The lowest BCUT2D eigenvalue weighted by Crippen LogP contribution is -2.18. The number of unbranched alkanes of at least 4 members (excludes halogenated alkanes) is 3. The van der Waals surface area contributed by atoms with Gasteiger partial charge in [0.15, 0.2) is 0 Å². The van der Waals surface area contributed by atoms with E-state index in [1.807, 2.05) is 12.1 Å². The lowest BCUT2D eigenvalue weighted by Gasteiger charge is -2.11. The predicted molar refractivity (Wildman–Crippen MR) is 86.4 cm³/mol. The lowest BCUT2D eigenvalue weighted by molar-refractivity contribution is -0.120. The average Bonchev–Trinajstić information content (AvgIpc) is 2.53. The Kier molecular flexibility index (Phi) is 8.41. The van der Waals surface area contributed by atoms with Crippen molar-refractivity contribution in [3.63, 3.8) is 0 Å². The van der Waals surface area contributed by atoms with E-state index in [0.717, 1.165) is 18.3 Å². The van der Waals surface area contributed by atoms with Gasteiger partial charge in [0, 0.05) is 19.4 Å². The molecule has 1 N–H and O–H groups in total. The Morgan fingerprint density at radius 2 is 1.90 bits per heavy atom. The van der Waals surface area contributed by atoms with Crippen molar-refractivity contribution in [1.82, 2.24) is 5.32 Å². The summed E-state index contributed by atoms with van der Waals surface area (Å²) >= 11 is 0. The van der Waals surface area contributed by atoms with Crippen LogP contribution in [0.3, 0.4) is 0 Å². The number of amides is 1. The van der Waals surface area contributed by atoms with E-state index >= 15 is 0 Å². The second-order valence-corrected chi connectivity index (χ2v) is 5.51. The van der Waals surface area contributed by atoms with E-state index in [1.54, 1.807) is 7.05 Å². The first-order valence-electron chi connectivity index (χ1n) is 7.96. The van der Waals surface area contributed by atoms with Crippen LogP contribution in [0.25, 0.3) is 0 Å². The second-order valence-electron chi connectivity index (χ2n) is 5.51. The minimum absolute atomic E-state index is 0.0191. The Balaban J connectivity index is 2.50. The van der Waals surface area contributed by atoms with E-state index < -0.39 is 0 Å². The molecule has 0 spiro atoms. The van der Waals surface area contributed by atoms with E-state index in [0.29, 0.717) is 12.8 Å². The number of carbonyl (C=O) groups is 2. The van der Waals surface area contributed by atoms with Crippen LogP contribution in [0.4, 0.5) is 0 Å². The first-order valence-corrected chi connectivity index (χ1v) is 7.96. The number of benzene rings is 1. The number of carbonyl (C=O) groups excluding carboxylic acids is 2. The zero-order chi connectivity index (χ0) is 15.5. The maximum Gasteiger partial charge on any atom is 0.219 e. The lowest BCUT2D eigenvalue weighted by atomic mass is 9.94. The summed E-state index contributed by atoms with van der Waals surface area (Å²) in [4.78, 5) is 22.5. The first-order chi connectivity index (χ1) is 10.2. The molecule has 0 aliphatic carbocycles. The van der Waals surface area contributed by atoms with Crippen LogP contribution in [-0.2, 0) is 16.0 Å². The van der Waals surface area contributed by atoms with E-state index in [9.17, 15) is 9.59 Å². The molecule has 0 radical (unpaired) electrons. The van der Waals surface area contributed by atoms with Crippen LogP contribution in [0.15, 0.2) is 24.3 Å². The highest BCUT2D eigenvalue weighted by Gasteiger charge is 2.12. The van der Waals surface area contributed by atoms with Gasteiger partial charge in [-0.3, -0.25) is 4.79 Å². The molecule has 1 unspecified atom stereocenters. The highest BCUT2D eigenvalue weighted by atomic mass is 16.1. The van der Waals surface area contributed by atoms with Gasteiger partial charge in [0.1, 0.15) is 6.29 Å². The summed E-state index contributed by atoms with van der Waals surface area (Å²) in [5, 5.41) is 2.58. The number of hydrogen-bond donors (Lipinski definition) is 1. The number of hydrogen-bond acceptors (Lipinski definition) is 2. The molecular formula is C18H27NO2. The van der Waals surface area contributed by atoms with Gasteiger partial charge in [0.25, 0.3) is 0 Å². The zero-order valence-electron chi connectivity index (χ0n) is 13.2. The smallest absolute Gasteiger partial charge is 0.219 e. The average molecular weight is 289 g/mol. The molecule has 1 aromatic rings. The fraction of sp³-hybridized carbons (Fsp3) is 0.556. The number of aldehydes is 1. The molecule has 0 aromatic heterocycles. The van der Waals surface area contributed by atoms with Crippen LogP contribution in [0.2, 0.25) is 0 Å². The van der Waals surface area contributed by atoms with Crippen LogP contribution in [0.5, 0.6) is 0 Å². The molecular weight excluding hydrogens is 262 g/mol. The van der Waals surface area contributed by atoms with Crippen molar-refractivity contribution >= 4 is 12.2 Å². The van der Waals surface area contributed by atoms with Gasteiger partial charge in [-0.25, -0.2) is 0 Å². The monoisotopic (exact) mass is 289 g/mol. The van der Waals surface area contributed by atoms with Crippen LogP contribution >= 0.6 is 0 Å². The maximum atomic E-state index is 11.3. The van der Waals surface area contributed by atoms with Crippen molar-refractivity contribution in [2.45, 2.75) is 57.8 Å². The Morgan fingerprint density at radius 3 is 2.48 bits per heavy atom. The molecule has 1 amide bonds. The standard InChI is InChI=1S/C18H27NO2/c1-3-4-5-6-7-15-8-10-16(11-9-15)17(14-20)12-13-18(21)19-2/h8-11,14,17H,3-7,12-13H2,1-2H3,(H,19,21). The Labute approximate surface area is 128 Å². The SMILES string of the molecule is CCCCCCc1ccc(C(C=O)CCC(=O)NC)cc1. The molecule has 0 fully saturated rings. The summed E-state index contributed by atoms with van der Waals surface area (Å²) < 4.78 is 0. The van der Waals surface area contributed by atoms with Crippen LogP contribution in [0.1, 0.15) is 62.5 Å². The molecule has 0 aliphatic heterocycles. The van der Waals surface area contributed by atoms with Gasteiger partial charge in [-0.2, -0.15) is 0 Å². The highest BCUT2D eigenvalue weighted by molar-refractivity contribution is 5.76. The molecule has 0 heterocycles. The van der Waals surface area contributed by atoms with Gasteiger partial charge in [-0.1, -0.05) is 50.5 Å². The molecule has 116 valence electrons. The van der Waals surface area contributed by atoms with Crippen molar-refractivity contribution in [2.24, 2.45) is 0 Å². The van der Waals surface area contributed by atoms with Gasteiger partial charge < -0.3 is 10.1 Å². The zero-order valence-corrected chi connectivity index (χ0v) is 13.2. The fourth-order valence-electron chi connectivity index (χ4n) is 2.41. The summed E-state index contributed by atoms with van der Waals surface area (Å²) in [6.07, 6.45) is 8.06. The van der Waals surface area contributed by atoms with Crippen molar-refractivity contribution in [3.8, 4) is 0 Å². The summed E-state index contributed by atoms with van der Waals surface area (Å²) in [6.45, 7) is 2.22. The normalized spacial score (nSPS) is 11.9. The quantitative estimate of drug-likeness (QED) is 0.528. The van der Waals surface area contributed by atoms with Crippen molar-refractivity contribution in [1.29, 1.82) is 0 Å². The fourth-order valence-corrected chi connectivity index (χ4v) is 2.41. The summed E-state index contributed by atoms with van der Waals surface area (Å²) in [5.74, 6) is -0.203. The van der Waals surface area contributed by atoms with Gasteiger partial charge in [-0.15, -0.1) is 0 Å². The minimum Gasteiger partial charge on any atom is -0.359 e. The molecule has 21 heavy (non-hydrogen) atoms. The van der Waals surface area contributed by atoms with Gasteiger partial charge >= 0.3 is 0 Å². The Morgan fingerprint density at radius 1 is 1.19 bits per heavy atom. The molecule has 0 bridgehead atoms. The molecule has 1 atom stereocenters. The second kappa shape index (κ2) is 10.1. The number of aryl methyl sites for hydroxylation is 1. The predicted octanol–water partition coefficient (Wildman–Crippen LogP) is 3.62. The topological polar surface area (TPSA) is 46.2 Å². The van der Waals surface area contributed by atoms with E-state index in [4.69, 9.17) is 0 Å². The third kappa shape index (κ3) is 6.56. The van der Waals surface area contributed by atoms with Crippen molar-refractivity contribution < 1.29 is 9.59 Å². The Bertz CT molecular complexity index is 425. The molecule has 3 nitrogen and oxygen atoms in total. The van der Waals surface area contributed by atoms with Gasteiger partial charge in [0.2, 0.25) is 5.91 Å². The molecule has 0 aliphatic rings. The van der Waals surface area contributed by atoms with E-state index in [1.165, 1.54) is 31.2 Å². The summed E-state index contributed by atoms with van der Waals surface area (Å²) in [7, 11) is 1.62. The van der Waals surface area contributed by atoms with Crippen LogP contribution in [-0.4, -0.2) is 19.2 Å². The first kappa shape index (κ1) is 17.4. The Hall–Kier alpha value is -1.64. The molecule has 0 saturated carbocycles. The maximum absolute atomic E-state index is 11.3. The van der Waals surface area contributed by atoms with Crippen molar-refractivity contribution in [3.05, 3.63) is 35.4 Å². The summed E-state index contributed by atoms with van der Waals surface area (Å²) in [6, 6.07) is 8.27. The van der Waals surface area contributed by atoms with Crippen LogP contribution < -0.4 is 5.32 Å². The number of nitrogens with one attached hydrogen (secondary N) is 1. The van der Waals surface area contributed by atoms with Gasteiger partial charge in [0.05, 0.1) is 0 Å². The number of rotatable bonds is 10. The largest absolute Gasteiger partial charge is 0.359 e. The molecule has 1 rings (SSSR count). The minimum atomic E-state index is -0.184. The highest BCUT2D eigenvalue weighted by Crippen LogP contribution is 2.20. The molecule has 1 aromatic carbocycles. The van der Waals surface area contributed by atoms with E-state index in [2.05, 4.69) is 24.4 Å². The molecule has 3 heteroatoms. The molecule has 0 saturated heterocycles. The third-order valence-electron chi connectivity index (χ3n) is 3.85. The summed E-state index contributed by atoms with van der Waals surface area (Å²) in [5.41, 5.74) is 2.33. The van der Waals surface area contributed by atoms with Crippen molar-refractivity contribution in [2.75, 3.05) is 7.05 Å². The van der Waals surface area contributed by atoms with E-state index in [-0.39, 0.29) is 11.8 Å².